The highest BCUT2D eigenvalue weighted by molar-refractivity contribution is 5.94. The Morgan fingerprint density at radius 3 is 2.83 bits per heavy atom. The van der Waals surface area contributed by atoms with Gasteiger partial charge in [0.05, 0.1) is 0 Å². The van der Waals surface area contributed by atoms with Gasteiger partial charge in [0.15, 0.2) is 0 Å². The van der Waals surface area contributed by atoms with Crippen LogP contribution >= 0.6 is 0 Å². The van der Waals surface area contributed by atoms with Gasteiger partial charge in [0.2, 0.25) is 0 Å². The number of aryl methyl sites for hydroxylation is 1. The van der Waals surface area contributed by atoms with Gasteiger partial charge in [0, 0.05) is 29.7 Å². The first-order valence-electron chi connectivity index (χ1n) is 5.70. The van der Waals surface area contributed by atoms with E-state index < -0.39 is 0 Å². The number of nitrogens with two attached hydrogens (primary N) is 1. The van der Waals surface area contributed by atoms with Crippen LogP contribution in [-0.2, 0) is 6.54 Å². The summed E-state index contributed by atoms with van der Waals surface area (Å²) in [5.74, 6) is -0.136. The molecule has 2 aromatic rings. The van der Waals surface area contributed by atoms with E-state index in [1.54, 1.807) is 30.5 Å². The van der Waals surface area contributed by atoms with Crippen LogP contribution in [0.1, 0.15) is 21.6 Å². The van der Waals surface area contributed by atoms with Crippen LogP contribution in [0.2, 0.25) is 0 Å². The normalized spacial score (nSPS) is 10.1. The van der Waals surface area contributed by atoms with Crippen molar-refractivity contribution in [1.82, 2.24) is 10.3 Å². The van der Waals surface area contributed by atoms with Crippen molar-refractivity contribution in [3.63, 3.8) is 0 Å². The zero-order valence-electron chi connectivity index (χ0n) is 10.2. The van der Waals surface area contributed by atoms with E-state index in [2.05, 4.69) is 10.3 Å². The van der Waals surface area contributed by atoms with Gasteiger partial charge in [0.25, 0.3) is 5.91 Å². The Balaban J connectivity index is 1.98. The molecule has 1 heterocycles. The Morgan fingerprint density at radius 1 is 1.33 bits per heavy atom. The number of rotatable bonds is 3. The lowest BCUT2D eigenvalue weighted by molar-refractivity contribution is 0.0951. The fourth-order valence-corrected chi connectivity index (χ4v) is 1.57. The maximum atomic E-state index is 11.9. The Morgan fingerprint density at radius 2 is 2.17 bits per heavy atom. The van der Waals surface area contributed by atoms with Crippen molar-refractivity contribution in [3.8, 4) is 0 Å². The third-order valence-corrected chi connectivity index (χ3v) is 2.57. The summed E-state index contributed by atoms with van der Waals surface area (Å²) < 4.78 is 0. The van der Waals surface area contributed by atoms with Gasteiger partial charge in [-0.2, -0.15) is 0 Å². The minimum absolute atomic E-state index is 0.136. The molecule has 0 aliphatic carbocycles. The molecule has 0 bridgehead atoms. The second-order valence-electron chi connectivity index (χ2n) is 4.12. The lowest BCUT2D eigenvalue weighted by Gasteiger charge is -2.06. The summed E-state index contributed by atoms with van der Waals surface area (Å²) in [7, 11) is 0. The smallest absolute Gasteiger partial charge is 0.251 e. The van der Waals surface area contributed by atoms with Crippen LogP contribution in [0.3, 0.4) is 0 Å². The molecule has 0 aliphatic heterocycles. The SMILES string of the molecule is Cc1ccc(CNC(=O)c2cccc(N)c2)cn1. The molecule has 1 aromatic heterocycles. The molecule has 4 heteroatoms. The molecule has 1 amide bonds. The molecular weight excluding hydrogens is 226 g/mol. The zero-order chi connectivity index (χ0) is 13.0. The van der Waals surface area contributed by atoms with Crippen molar-refractivity contribution >= 4 is 11.6 Å². The van der Waals surface area contributed by atoms with Crippen molar-refractivity contribution in [1.29, 1.82) is 0 Å². The van der Waals surface area contributed by atoms with Crippen molar-refractivity contribution in [2.75, 3.05) is 5.73 Å². The number of pyridine rings is 1. The van der Waals surface area contributed by atoms with Crippen LogP contribution < -0.4 is 11.1 Å². The molecule has 0 unspecified atom stereocenters. The number of carbonyl (C=O) groups excluding carboxylic acids is 1. The molecule has 0 atom stereocenters. The van der Waals surface area contributed by atoms with Crippen molar-refractivity contribution < 1.29 is 4.79 Å². The van der Waals surface area contributed by atoms with E-state index in [1.807, 2.05) is 19.1 Å². The number of anilines is 1. The molecule has 2 rings (SSSR count). The molecule has 18 heavy (non-hydrogen) atoms. The Hall–Kier alpha value is -2.36. The van der Waals surface area contributed by atoms with E-state index in [9.17, 15) is 4.79 Å². The Bertz CT molecular complexity index is 549. The van der Waals surface area contributed by atoms with Crippen LogP contribution in [0.4, 0.5) is 5.69 Å². The number of hydrogen-bond acceptors (Lipinski definition) is 3. The quantitative estimate of drug-likeness (QED) is 0.806. The topological polar surface area (TPSA) is 68.0 Å². The summed E-state index contributed by atoms with van der Waals surface area (Å²) in [6.07, 6.45) is 1.76. The lowest BCUT2D eigenvalue weighted by Crippen LogP contribution is -2.22. The molecule has 3 N–H and O–H groups in total. The predicted octanol–water partition coefficient (Wildman–Crippen LogP) is 1.90. The van der Waals surface area contributed by atoms with E-state index >= 15 is 0 Å². The van der Waals surface area contributed by atoms with Crippen molar-refractivity contribution in [2.24, 2.45) is 0 Å². The third-order valence-electron chi connectivity index (χ3n) is 2.57. The molecule has 0 saturated carbocycles. The van der Waals surface area contributed by atoms with Gasteiger partial charge in [-0.05, 0) is 36.8 Å². The third kappa shape index (κ3) is 3.07. The Kier molecular flexibility index (Phi) is 3.57. The molecule has 0 spiro atoms. The van der Waals surface area contributed by atoms with Crippen LogP contribution in [0.25, 0.3) is 0 Å². The standard InChI is InChI=1S/C14H15N3O/c1-10-5-6-11(8-16-10)9-17-14(18)12-3-2-4-13(15)7-12/h2-8H,9,15H2,1H3,(H,17,18). The van der Waals surface area contributed by atoms with Gasteiger partial charge in [-0.15, -0.1) is 0 Å². The summed E-state index contributed by atoms with van der Waals surface area (Å²) in [4.78, 5) is 16.0. The first-order valence-corrected chi connectivity index (χ1v) is 5.70. The van der Waals surface area contributed by atoms with Crippen LogP contribution in [0.15, 0.2) is 42.6 Å². The largest absolute Gasteiger partial charge is 0.399 e. The summed E-state index contributed by atoms with van der Waals surface area (Å²) in [5.41, 5.74) is 8.71. The molecule has 0 saturated heterocycles. The summed E-state index contributed by atoms with van der Waals surface area (Å²) in [6.45, 7) is 2.38. The second kappa shape index (κ2) is 5.31. The fourth-order valence-electron chi connectivity index (χ4n) is 1.57. The minimum atomic E-state index is -0.136. The zero-order valence-corrected chi connectivity index (χ0v) is 10.2. The number of aromatic nitrogens is 1. The molecule has 0 radical (unpaired) electrons. The van der Waals surface area contributed by atoms with Crippen molar-refractivity contribution in [3.05, 3.63) is 59.4 Å². The summed E-state index contributed by atoms with van der Waals surface area (Å²) in [6, 6.07) is 10.8. The number of benzene rings is 1. The molecule has 92 valence electrons. The van der Waals surface area contributed by atoms with E-state index in [4.69, 9.17) is 5.73 Å². The monoisotopic (exact) mass is 241 g/mol. The van der Waals surface area contributed by atoms with Gasteiger partial charge in [0.1, 0.15) is 0 Å². The van der Waals surface area contributed by atoms with Crippen molar-refractivity contribution in [2.45, 2.75) is 13.5 Å². The van der Waals surface area contributed by atoms with Gasteiger partial charge >= 0.3 is 0 Å². The number of hydrogen-bond donors (Lipinski definition) is 2. The molecular formula is C14H15N3O. The average molecular weight is 241 g/mol. The highest BCUT2D eigenvalue weighted by Crippen LogP contribution is 2.06. The van der Waals surface area contributed by atoms with E-state index in [0.717, 1.165) is 11.3 Å². The highest BCUT2D eigenvalue weighted by atomic mass is 16.1. The lowest BCUT2D eigenvalue weighted by atomic mass is 10.2. The maximum absolute atomic E-state index is 11.9. The fraction of sp³-hybridized carbons (Fsp3) is 0.143. The highest BCUT2D eigenvalue weighted by Gasteiger charge is 2.05. The number of nitrogen functional groups attached to an aromatic ring is 1. The first-order chi connectivity index (χ1) is 8.65. The Labute approximate surface area is 106 Å². The van der Waals surface area contributed by atoms with E-state index in [1.165, 1.54) is 0 Å². The van der Waals surface area contributed by atoms with Crippen LogP contribution in [0.5, 0.6) is 0 Å². The van der Waals surface area contributed by atoms with Gasteiger partial charge in [-0.1, -0.05) is 12.1 Å². The molecule has 1 aromatic carbocycles. The molecule has 0 aliphatic rings. The van der Waals surface area contributed by atoms with Gasteiger partial charge in [-0.3, -0.25) is 9.78 Å². The first kappa shape index (κ1) is 12.1. The number of nitrogens with zero attached hydrogens (tertiary/aromatic N) is 1. The average Bonchev–Trinajstić information content (AvgIpc) is 2.38. The van der Waals surface area contributed by atoms with Gasteiger partial charge in [-0.25, -0.2) is 0 Å². The second-order valence-corrected chi connectivity index (χ2v) is 4.12. The predicted molar refractivity (Wildman–Crippen MR) is 71.0 cm³/mol. The molecule has 0 fully saturated rings. The number of amides is 1. The van der Waals surface area contributed by atoms with E-state index in [-0.39, 0.29) is 5.91 Å². The number of nitrogens with one attached hydrogen (secondary N) is 1. The number of carbonyl (C=O) groups is 1. The molecule has 4 nitrogen and oxygen atoms in total. The van der Waals surface area contributed by atoms with Gasteiger partial charge < -0.3 is 11.1 Å². The summed E-state index contributed by atoms with van der Waals surface area (Å²) >= 11 is 0. The summed E-state index contributed by atoms with van der Waals surface area (Å²) in [5, 5.41) is 2.83. The van der Waals surface area contributed by atoms with Crippen LogP contribution in [0, 0.1) is 6.92 Å². The maximum Gasteiger partial charge on any atom is 0.251 e. The van der Waals surface area contributed by atoms with E-state index in [0.29, 0.717) is 17.8 Å². The minimum Gasteiger partial charge on any atom is -0.399 e. The van der Waals surface area contributed by atoms with Crippen LogP contribution in [-0.4, -0.2) is 10.9 Å².